The molecule has 2 N–H and O–H groups in total. The van der Waals surface area contributed by atoms with Gasteiger partial charge in [-0.15, -0.1) is 0 Å². The third kappa shape index (κ3) is 7.09. The summed E-state index contributed by atoms with van der Waals surface area (Å²) >= 11 is 0. The largest absolute Gasteiger partial charge is 0.491 e. The molecule has 0 aliphatic heterocycles. The fourth-order valence-corrected chi connectivity index (χ4v) is 1.99. The molecule has 1 aromatic carbocycles. The maximum atomic E-state index is 10.0. The lowest BCUT2D eigenvalue weighted by Gasteiger charge is -2.24. The summed E-state index contributed by atoms with van der Waals surface area (Å²) in [5.74, 6) is 0.635. The lowest BCUT2D eigenvalue weighted by Crippen LogP contribution is -2.37. The van der Waals surface area contributed by atoms with E-state index in [2.05, 4.69) is 6.92 Å². The second-order valence-electron chi connectivity index (χ2n) is 4.98. The van der Waals surface area contributed by atoms with Crippen LogP contribution in [0.25, 0.3) is 0 Å². The van der Waals surface area contributed by atoms with E-state index in [4.69, 9.17) is 15.1 Å². The van der Waals surface area contributed by atoms with Gasteiger partial charge >= 0.3 is 0 Å². The molecule has 0 saturated heterocycles. The van der Waals surface area contributed by atoms with Crippen molar-refractivity contribution < 1.29 is 14.9 Å². The average Bonchev–Trinajstić information content (AvgIpc) is 2.51. The Kier molecular flexibility index (Phi) is 8.44. The molecule has 0 aliphatic rings. The highest BCUT2D eigenvalue weighted by molar-refractivity contribution is 5.34. The van der Waals surface area contributed by atoms with Crippen LogP contribution in [0.4, 0.5) is 0 Å². The third-order valence-electron chi connectivity index (χ3n) is 3.14. The summed E-state index contributed by atoms with van der Waals surface area (Å²) in [5.41, 5.74) is 0.580. The first-order valence-corrected chi connectivity index (χ1v) is 7.33. The lowest BCUT2D eigenvalue weighted by molar-refractivity contribution is 0.0613. The molecule has 5 heteroatoms. The Hall–Kier alpha value is -1.61. The van der Waals surface area contributed by atoms with Gasteiger partial charge in [0.1, 0.15) is 18.5 Å². The first-order valence-electron chi connectivity index (χ1n) is 7.33. The summed E-state index contributed by atoms with van der Waals surface area (Å²) in [7, 11) is 0. The minimum absolute atomic E-state index is 0.0902. The minimum Gasteiger partial charge on any atom is -0.491 e. The molecule has 5 nitrogen and oxygen atoms in total. The number of unbranched alkanes of at least 4 members (excludes halogenated alkanes) is 1. The Morgan fingerprint density at radius 2 is 2.00 bits per heavy atom. The van der Waals surface area contributed by atoms with Gasteiger partial charge in [-0.1, -0.05) is 13.3 Å². The van der Waals surface area contributed by atoms with Crippen molar-refractivity contribution >= 4 is 0 Å². The molecular weight excluding hydrogens is 268 g/mol. The molecule has 0 spiro atoms. The van der Waals surface area contributed by atoms with Crippen molar-refractivity contribution in [3.63, 3.8) is 0 Å². The van der Waals surface area contributed by atoms with Crippen LogP contribution in [0, 0.1) is 11.3 Å². The first-order chi connectivity index (χ1) is 10.2. The zero-order valence-electron chi connectivity index (χ0n) is 12.5. The van der Waals surface area contributed by atoms with Crippen molar-refractivity contribution in [3.8, 4) is 11.8 Å². The summed E-state index contributed by atoms with van der Waals surface area (Å²) in [4.78, 5) is 2.04. The van der Waals surface area contributed by atoms with Crippen molar-refractivity contribution in [2.75, 3.05) is 32.8 Å². The Labute approximate surface area is 126 Å². The van der Waals surface area contributed by atoms with E-state index in [-0.39, 0.29) is 13.2 Å². The highest BCUT2D eigenvalue weighted by Crippen LogP contribution is 2.12. The van der Waals surface area contributed by atoms with E-state index < -0.39 is 6.10 Å². The molecule has 0 fully saturated rings. The van der Waals surface area contributed by atoms with Gasteiger partial charge in [-0.2, -0.15) is 5.26 Å². The third-order valence-corrected chi connectivity index (χ3v) is 3.14. The van der Waals surface area contributed by atoms with Crippen LogP contribution in [0.5, 0.6) is 5.75 Å². The molecule has 0 heterocycles. The fourth-order valence-electron chi connectivity index (χ4n) is 1.99. The van der Waals surface area contributed by atoms with E-state index in [1.165, 1.54) is 0 Å². The maximum absolute atomic E-state index is 10.0. The van der Waals surface area contributed by atoms with Crippen LogP contribution in [0.2, 0.25) is 0 Å². The normalized spacial score (nSPS) is 12.1. The molecule has 0 saturated carbocycles. The maximum Gasteiger partial charge on any atom is 0.119 e. The molecule has 1 aromatic rings. The second kappa shape index (κ2) is 10.2. The van der Waals surface area contributed by atoms with Crippen LogP contribution in [-0.2, 0) is 0 Å². The van der Waals surface area contributed by atoms with E-state index in [0.29, 0.717) is 24.4 Å². The van der Waals surface area contributed by atoms with E-state index in [1.807, 2.05) is 11.0 Å². The van der Waals surface area contributed by atoms with E-state index >= 15 is 0 Å². The second-order valence-corrected chi connectivity index (χ2v) is 4.98. The SMILES string of the molecule is CCCCN(CCO)CC(O)COc1ccc(C#N)cc1. The predicted octanol–water partition coefficient (Wildman–Crippen LogP) is 1.39. The molecule has 1 rings (SSSR count). The van der Waals surface area contributed by atoms with Crippen molar-refractivity contribution in [3.05, 3.63) is 29.8 Å². The molecule has 21 heavy (non-hydrogen) atoms. The van der Waals surface area contributed by atoms with Gasteiger partial charge in [0.25, 0.3) is 0 Å². The number of rotatable bonds is 10. The van der Waals surface area contributed by atoms with Crippen molar-refractivity contribution in [1.82, 2.24) is 4.90 Å². The summed E-state index contributed by atoms with van der Waals surface area (Å²) < 4.78 is 5.50. The van der Waals surface area contributed by atoms with Crippen LogP contribution in [0.3, 0.4) is 0 Å². The Morgan fingerprint density at radius 1 is 1.29 bits per heavy atom. The van der Waals surface area contributed by atoms with Gasteiger partial charge in [-0.3, -0.25) is 4.90 Å². The number of hydrogen-bond donors (Lipinski definition) is 2. The standard InChI is InChI=1S/C16H24N2O3/c1-2-3-8-18(9-10-19)12-15(20)13-21-16-6-4-14(11-17)5-7-16/h4-7,15,19-20H,2-3,8-10,12-13H2,1H3. The summed E-state index contributed by atoms with van der Waals surface area (Å²) in [6.07, 6.45) is 1.52. The molecule has 0 aliphatic carbocycles. The number of hydrogen-bond acceptors (Lipinski definition) is 5. The lowest BCUT2D eigenvalue weighted by atomic mass is 10.2. The van der Waals surface area contributed by atoms with E-state index in [9.17, 15) is 5.11 Å². The van der Waals surface area contributed by atoms with Gasteiger partial charge in [0.2, 0.25) is 0 Å². The van der Waals surface area contributed by atoms with Crippen LogP contribution >= 0.6 is 0 Å². The molecule has 1 unspecified atom stereocenters. The quantitative estimate of drug-likeness (QED) is 0.681. The Balaban J connectivity index is 2.36. The number of nitrogens with zero attached hydrogens (tertiary/aromatic N) is 2. The Bertz CT molecular complexity index is 428. The van der Waals surface area contributed by atoms with Gasteiger partial charge in [0.05, 0.1) is 18.2 Å². The molecular formula is C16H24N2O3. The van der Waals surface area contributed by atoms with Crippen LogP contribution < -0.4 is 4.74 Å². The number of aliphatic hydroxyl groups is 2. The van der Waals surface area contributed by atoms with Gasteiger partial charge in [-0.25, -0.2) is 0 Å². The molecule has 0 aromatic heterocycles. The van der Waals surface area contributed by atoms with Crippen molar-refractivity contribution in [2.24, 2.45) is 0 Å². The summed E-state index contributed by atoms with van der Waals surface area (Å²) in [5, 5.41) is 27.7. The molecule has 0 radical (unpaired) electrons. The molecule has 0 bridgehead atoms. The van der Waals surface area contributed by atoms with Gasteiger partial charge < -0.3 is 14.9 Å². The number of ether oxygens (including phenoxy) is 1. The van der Waals surface area contributed by atoms with E-state index in [0.717, 1.165) is 19.4 Å². The minimum atomic E-state index is -0.607. The average molecular weight is 292 g/mol. The molecule has 1 atom stereocenters. The highest BCUT2D eigenvalue weighted by atomic mass is 16.5. The fraction of sp³-hybridized carbons (Fsp3) is 0.562. The predicted molar refractivity (Wildman–Crippen MR) is 81.1 cm³/mol. The smallest absolute Gasteiger partial charge is 0.119 e. The van der Waals surface area contributed by atoms with Gasteiger partial charge in [0.15, 0.2) is 0 Å². The first kappa shape index (κ1) is 17.4. The van der Waals surface area contributed by atoms with Gasteiger partial charge in [-0.05, 0) is 37.2 Å². The summed E-state index contributed by atoms with van der Waals surface area (Å²) in [6, 6.07) is 8.84. The number of nitriles is 1. The topological polar surface area (TPSA) is 76.7 Å². The Morgan fingerprint density at radius 3 is 2.57 bits per heavy atom. The highest BCUT2D eigenvalue weighted by Gasteiger charge is 2.12. The number of aliphatic hydroxyl groups excluding tert-OH is 2. The van der Waals surface area contributed by atoms with Crippen LogP contribution in [-0.4, -0.2) is 54.1 Å². The summed E-state index contributed by atoms with van der Waals surface area (Å²) in [6.45, 7) is 4.31. The zero-order valence-corrected chi connectivity index (χ0v) is 12.5. The molecule has 0 amide bonds. The van der Waals surface area contributed by atoms with Gasteiger partial charge in [0, 0.05) is 13.1 Å². The monoisotopic (exact) mass is 292 g/mol. The van der Waals surface area contributed by atoms with E-state index in [1.54, 1.807) is 24.3 Å². The molecule has 116 valence electrons. The van der Waals surface area contributed by atoms with Crippen molar-refractivity contribution in [2.45, 2.75) is 25.9 Å². The van der Waals surface area contributed by atoms with Crippen molar-refractivity contribution in [1.29, 1.82) is 5.26 Å². The van der Waals surface area contributed by atoms with Crippen LogP contribution in [0.15, 0.2) is 24.3 Å². The number of benzene rings is 1. The zero-order chi connectivity index (χ0) is 15.5. The van der Waals surface area contributed by atoms with Crippen LogP contribution in [0.1, 0.15) is 25.3 Å².